The fourth-order valence-corrected chi connectivity index (χ4v) is 2.17. The fraction of sp³-hybridized carbons (Fsp3) is 0.455. The summed E-state index contributed by atoms with van der Waals surface area (Å²) in [5, 5.41) is 0. The van der Waals surface area contributed by atoms with Crippen molar-refractivity contribution in [3.63, 3.8) is 0 Å². The van der Waals surface area contributed by atoms with Crippen LogP contribution >= 0.6 is 0 Å². The Morgan fingerprint density at radius 2 is 1.89 bits per heavy atom. The van der Waals surface area contributed by atoms with Gasteiger partial charge in [-0.3, -0.25) is 0 Å². The first-order valence-electron chi connectivity index (χ1n) is 5.39. The third kappa shape index (κ3) is 4.21. The zero-order valence-electron chi connectivity index (χ0n) is 9.31. The molecule has 0 heterocycles. The van der Waals surface area contributed by atoms with Crippen molar-refractivity contribution in [2.45, 2.75) is 24.1 Å². The van der Waals surface area contributed by atoms with E-state index in [0.29, 0.717) is 17.4 Å². The monoisotopic (exact) mass is 278 g/mol. The van der Waals surface area contributed by atoms with Gasteiger partial charge in [-0.05, 0) is 30.9 Å². The Bertz CT molecular complexity index is 488. The molecule has 3 nitrogen and oxygen atoms in total. The highest BCUT2D eigenvalue weighted by atomic mass is 32.2. The number of alkyl halides is 3. The number of halogens is 3. The quantitative estimate of drug-likeness (QED) is 0.791. The highest BCUT2D eigenvalue weighted by molar-refractivity contribution is 7.74. The molecule has 0 radical (unpaired) electrons. The van der Waals surface area contributed by atoms with Gasteiger partial charge in [0.15, 0.2) is 0 Å². The first-order chi connectivity index (χ1) is 8.44. The lowest BCUT2D eigenvalue weighted by atomic mass is 10.3. The van der Waals surface area contributed by atoms with Gasteiger partial charge in [-0.1, -0.05) is 17.0 Å². The summed E-state index contributed by atoms with van der Waals surface area (Å²) >= 11 is 0. The van der Waals surface area contributed by atoms with Crippen molar-refractivity contribution >= 4 is 10.6 Å². The van der Waals surface area contributed by atoms with Crippen LogP contribution in [0.15, 0.2) is 33.5 Å². The minimum absolute atomic E-state index is 0.328. The second-order valence-corrected chi connectivity index (χ2v) is 5.25. The van der Waals surface area contributed by atoms with Gasteiger partial charge in [0.2, 0.25) is 0 Å². The molecule has 0 saturated heterocycles. The molecule has 1 aliphatic carbocycles. The van der Waals surface area contributed by atoms with Gasteiger partial charge in [-0.2, -0.15) is 10.6 Å². The van der Waals surface area contributed by atoms with E-state index in [2.05, 4.69) is 9.10 Å². The van der Waals surface area contributed by atoms with Crippen LogP contribution in [0, 0.1) is 5.92 Å². The molecule has 0 amide bonds. The number of hydrogen-bond donors (Lipinski definition) is 0. The van der Waals surface area contributed by atoms with Crippen LogP contribution in [0.25, 0.3) is 0 Å². The molecular weight excluding hydrogens is 267 g/mol. The molecule has 7 heteroatoms. The Labute approximate surface area is 104 Å². The zero-order chi connectivity index (χ0) is 13.2. The molecule has 2 rings (SSSR count). The molecule has 1 aliphatic rings. The van der Waals surface area contributed by atoms with E-state index in [1.54, 1.807) is 0 Å². The van der Waals surface area contributed by atoms with Crippen LogP contribution in [0.2, 0.25) is 0 Å². The topological polar surface area (TPSA) is 38.7 Å². The van der Waals surface area contributed by atoms with Crippen molar-refractivity contribution in [3.05, 3.63) is 24.3 Å². The highest BCUT2D eigenvalue weighted by Crippen LogP contribution is 2.29. The summed E-state index contributed by atoms with van der Waals surface area (Å²) in [5.41, 5.74) is 0. The summed E-state index contributed by atoms with van der Waals surface area (Å²) in [7, 11) is -1.51. The van der Waals surface area contributed by atoms with Crippen molar-refractivity contribution in [2.75, 3.05) is 6.54 Å². The molecule has 1 aromatic rings. The van der Waals surface area contributed by atoms with Crippen LogP contribution in [0.4, 0.5) is 13.2 Å². The van der Waals surface area contributed by atoms with Crippen LogP contribution in [-0.4, -0.2) is 12.9 Å². The Hall–Kier alpha value is -1.24. The lowest BCUT2D eigenvalue weighted by Gasteiger charge is -2.10. The van der Waals surface area contributed by atoms with Crippen molar-refractivity contribution in [1.82, 2.24) is 0 Å². The van der Waals surface area contributed by atoms with E-state index in [1.807, 2.05) is 0 Å². The van der Waals surface area contributed by atoms with Gasteiger partial charge in [0.25, 0.3) is 0 Å². The molecule has 0 bridgehead atoms. The predicted molar refractivity (Wildman–Crippen MR) is 59.5 cm³/mol. The largest absolute Gasteiger partial charge is 0.573 e. The van der Waals surface area contributed by atoms with E-state index in [1.165, 1.54) is 12.1 Å². The van der Waals surface area contributed by atoms with Gasteiger partial charge in [-0.15, -0.1) is 13.2 Å². The number of rotatable bonds is 4. The summed E-state index contributed by atoms with van der Waals surface area (Å²) in [4.78, 5) is 0.380. The molecule has 1 fully saturated rings. The van der Waals surface area contributed by atoms with E-state index < -0.39 is 17.0 Å². The fourth-order valence-electron chi connectivity index (χ4n) is 1.31. The standard InChI is InChI=1S/C11H11F3NO2S/c12-11(13,14)17-9-3-5-10(6-4-9)18(16)15-7-8-1-2-8/h3-6,8H,1-2,7H2/q-1. The number of benzene rings is 1. The summed E-state index contributed by atoms with van der Waals surface area (Å²) in [5.74, 6) is 0.201. The van der Waals surface area contributed by atoms with Gasteiger partial charge in [0, 0.05) is 6.54 Å². The predicted octanol–water partition coefficient (Wildman–Crippen LogP) is 3.50. The molecule has 100 valence electrons. The van der Waals surface area contributed by atoms with Gasteiger partial charge < -0.3 is 13.3 Å². The third-order valence-electron chi connectivity index (χ3n) is 2.41. The summed E-state index contributed by atoms with van der Waals surface area (Å²) in [6.45, 7) is 0.549. The van der Waals surface area contributed by atoms with Crippen molar-refractivity contribution in [3.8, 4) is 5.75 Å². The molecule has 1 saturated carbocycles. The maximum Gasteiger partial charge on any atom is 0.573 e. The molecule has 0 aromatic heterocycles. The summed E-state index contributed by atoms with van der Waals surface area (Å²) in [6, 6.07) is 4.92. The molecule has 0 atom stereocenters. The zero-order valence-corrected chi connectivity index (χ0v) is 10.1. The van der Waals surface area contributed by atoms with Crippen LogP contribution in [0.5, 0.6) is 5.75 Å². The van der Waals surface area contributed by atoms with E-state index in [4.69, 9.17) is 0 Å². The van der Waals surface area contributed by atoms with Gasteiger partial charge in [-0.25, -0.2) is 0 Å². The summed E-state index contributed by atoms with van der Waals surface area (Å²) in [6.07, 6.45) is -2.49. The summed E-state index contributed by atoms with van der Waals surface area (Å²) < 4.78 is 55.1. The van der Waals surface area contributed by atoms with E-state index in [9.17, 15) is 17.4 Å². The van der Waals surface area contributed by atoms with Crippen molar-refractivity contribution in [1.29, 1.82) is 0 Å². The highest BCUT2D eigenvalue weighted by Gasteiger charge is 2.30. The molecule has 0 aliphatic heterocycles. The second kappa shape index (κ2) is 5.17. The average Bonchev–Trinajstić information content (AvgIpc) is 3.08. The van der Waals surface area contributed by atoms with Gasteiger partial charge in [0.1, 0.15) is 5.75 Å². The second-order valence-electron chi connectivity index (χ2n) is 4.02. The van der Waals surface area contributed by atoms with E-state index in [-0.39, 0.29) is 5.75 Å². The maximum absolute atomic E-state index is 11.9. The molecule has 18 heavy (non-hydrogen) atoms. The SMILES string of the molecule is O=[S-](=NCC1CC1)c1ccc(OC(F)(F)F)cc1. The third-order valence-corrected chi connectivity index (χ3v) is 3.46. The Morgan fingerprint density at radius 1 is 1.28 bits per heavy atom. The molecule has 0 spiro atoms. The smallest absolute Gasteiger partial charge is 0.440 e. The Kier molecular flexibility index (Phi) is 3.79. The normalized spacial score (nSPS) is 17.7. The molecule has 0 N–H and O–H groups in total. The molecular formula is C11H11F3NO2S-. The lowest BCUT2D eigenvalue weighted by Crippen LogP contribution is -2.16. The van der Waals surface area contributed by atoms with E-state index >= 15 is 0 Å². The van der Waals surface area contributed by atoms with Gasteiger partial charge in [0.05, 0.1) is 0 Å². The maximum atomic E-state index is 11.9. The number of ether oxygens (including phenoxy) is 1. The Balaban J connectivity index is 2.02. The van der Waals surface area contributed by atoms with E-state index in [0.717, 1.165) is 25.0 Å². The molecule has 1 aromatic carbocycles. The number of nitrogens with zero attached hydrogens (tertiary/aromatic N) is 1. The lowest BCUT2D eigenvalue weighted by molar-refractivity contribution is -0.274. The Morgan fingerprint density at radius 3 is 2.39 bits per heavy atom. The molecule has 0 unspecified atom stereocenters. The average molecular weight is 278 g/mol. The minimum atomic E-state index is -4.71. The van der Waals surface area contributed by atoms with Crippen LogP contribution in [0.1, 0.15) is 12.8 Å². The van der Waals surface area contributed by atoms with Crippen molar-refractivity contribution < 1.29 is 22.1 Å². The van der Waals surface area contributed by atoms with Gasteiger partial charge >= 0.3 is 6.36 Å². The first-order valence-corrected chi connectivity index (χ1v) is 6.50. The van der Waals surface area contributed by atoms with Crippen LogP contribution in [-0.2, 0) is 14.8 Å². The van der Waals surface area contributed by atoms with Crippen LogP contribution < -0.4 is 4.74 Å². The first kappa shape index (κ1) is 13.2. The number of hydrogen-bond acceptors (Lipinski definition) is 4. The minimum Gasteiger partial charge on any atom is -0.440 e. The van der Waals surface area contributed by atoms with Crippen molar-refractivity contribution in [2.24, 2.45) is 10.3 Å². The van der Waals surface area contributed by atoms with Crippen LogP contribution in [0.3, 0.4) is 0 Å².